The number of nitrogens with one attached hydrogen (secondary N) is 2. The summed E-state index contributed by atoms with van der Waals surface area (Å²) in [5.74, 6) is 0. The van der Waals surface area contributed by atoms with Crippen LogP contribution in [0.1, 0.15) is 13.8 Å². The van der Waals surface area contributed by atoms with Crippen molar-refractivity contribution >= 4 is 0 Å². The molecule has 0 aromatic heterocycles. The van der Waals surface area contributed by atoms with Gasteiger partial charge < -0.3 is 15.7 Å². The first-order chi connectivity index (χ1) is 4.70. The van der Waals surface area contributed by atoms with E-state index in [4.69, 9.17) is 5.11 Å². The maximum atomic E-state index is 9.11. The van der Waals surface area contributed by atoms with Crippen LogP contribution in [0.4, 0.5) is 0 Å². The molecule has 1 saturated heterocycles. The minimum Gasteiger partial charge on any atom is -0.392 e. The summed E-state index contributed by atoms with van der Waals surface area (Å²) < 4.78 is 0. The van der Waals surface area contributed by atoms with Gasteiger partial charge in [0.05, 0.1) is 6.10 Å². The van der Waals surface area contributed by atoms with Crippen LogP contribution in [0.3, 0.4) is 0 Å². The summed E-state index contributed by atoms with van der Waals surface area (Å²) in [7, 11) is 0. The molecule has 0 saturated carbocycles. The molecule has 1 aliphatic rings. The molecule has 2 unspecified atom stereocenters. The first-order valence-corrected chi connectivity index (χ1v) is 3.85. The molecule has 0 aromatic carbocycles. The van der Waals surface area contributed by atoms with Crippen molar-refractivity contribution in [2.45, 2.75) is 32.0 Å². The van der Waals surface area contributed by atoms with Crippen molar-refractivity contribution in [2.75, 3.05) is 13.1 Å². The molecule has 10 heavy (non-hydrogen) atoms. The van der Waals surface area contributed by atoms with Gasteiger partial charge in [0.2, 0.25) is 0 Å². The van der Waals surface area contributed by atoms with E-state index in [1.165, 1.54) is 0 Å². The largest absolute Gasteiger partial charge is 0.392 e. The van der Waals surface area contributed by atoms with Gasteiger partial charge in [-0.15, -0.1) is 0 Å². The van der Waals surface area contributed by atoms with E-state index in [-0.39, 0.29) is 12.1 Å². The predicted molar refractivity (Wildman–Crippen MR) is 40.9 cm³/mol. The van der Waals surface area contributed by atoms with Gasteiger partial charge in [-0.1, -0.05) is 0 Å². The van der Waals surface area contributed by atoms with E-state index < -0.39 is 0 Å². The van der Waals surface area contributed by atoms with Crippen LogP contribution in [-0.4, -0.2) is 36.4 Å². The minimum atomic E-state index is -0.249. The summed E-state index contributed by atoms with van der Waals surface area (Å²) in [5, 5.41) is 15.6. The van der Waals surface area contributed by atoms with Crippen LogP contribution in [0.25, 0.3) is 0 Å². The van der Waals surface area contributed by atoms with Crippen molar-refractivity contribution in [3.8, 4) is 0 Å². The van der Waals surface area contributed by atoms with Gasteiger partial charge >= 0.3 is 0 Å². The second-order valence-electron chi connectivity index (χ2n) is 3.05. The standard InChI is InChI=1S/C7H16N2O/c1-5(6(2)10)9-7-3-8-4-7/h5-10H,3-4H2,1-2H3. The highest BCUT2D eigenvalue weighted by atomic mass is 16.3. The smallest absolute Gasteiger partial charge is 0.0662 e. The van der Waals surface area contributed by atoms with E-state index in [0.29, 0.717) is 6.04 Å². The Morgan fingerprint density at radius 1 is 1.50 bits per heavy atom. The van der Waals surface area contributed by atoms with Gasteiger partial charge in [0.15, 0.2) is 0 Å². The SMILES string of the molecule is CC(O)C(C)NC1CNC1. The molecule has 1 rings (SSSR count). The lowest BCUT2D eigenvalue weighted by Crippen LogP contribution is -2.59. The summed E-state index contributed by atoms with van der Waals surface area (Å²) in [4.78, 5) is 0. The summed E-state index contributed by atoms with van der Waals surface area (Å²) in [6.45, 7) is 5.89. The molecular formula is C7H16N2O. The Labute approximate surface area is 61.8 Å². The average molecular weight is 144 g/mol. The zero-order chi connectivity index (χ0) is 7.56. The molecule has 0 aromatic rings. The Kier molecular flexibility index (Phi) is 2.65. The highest BCUT2D eigenvalue weighted by molar-refractivity contribution is 4.84. The molecule has 3 N–H and O–H groups in total. The fourth-order valence-electron chi connectivity index (χ4n) is 0.918. The zero-order valence-electron chi connectivity index (χ0n) is 6.59. The van der Waals surface area contributed by atoms with Crippen molar-refractivity contribution in [1.29, 1.82) is 0 Å². The molecule has 1 aliphatic heterocycles. The summed E-state index contributed by atoms with van der Waals surface area (Å²) in [6.07, 6.45) is -0.249. The maximum absolute atomic E-state index is 9.11. The average Bonchev–Trinajstić information content (AvgIpc) is 1.77. The lowest BCUT2D eigenvalue weighted by molar-refractivity contribution is 0.139. The van der Waals surface area contributed by atoms with Gasteiger partial charge in [0, 0.05) is 25.2 Å². The van der Waals surface area contributed by atoms with Crippen LogP contribution in [0.5, 0.6) is 0 Å². The zero-order valence-corrected chi connectivity index (χ0v) is 6.59. The van der Waals surface area contributed by atoms with Crippen LogP contribution in [-0.2, 0) is 0 Å². The highest BCUT2D eigenvalue weighted by Crippen LogP contribution is 1.96. The first kappa shape index (κ1) is 7.98. The molecule has 3 heteroatoms. The maximum Gasteiger partial charge on any atom is 0.0662 e. The van der Waals surface area contributed by atoms with Gasteiger partial charge in [-0.25, -0.2) is 0 Å². The Hall–Kier alpha value is -0.120. The third-order valence-electron chi connectivity index (χ3n) is 2.00. The van der Waals surface area contributed by atoms with Crippen LogP contribution in [0.15, 0.2) is 0 Å². The van der Waals surface area contributed by atoms with E-state index in [0.717, 1.165) is 13.1 Å². The molecule has 3 nitrogen and oxygen atoms in total. The number of hydrogen-bond donors (Lipinski definition) is 3. The van der Waals surface area contributed by atoms with Crippen molar-refractivity contribution in [2.24, 2.45) is 0 Å². The molecule has 60 valence electrons. The highest BCUT2D eigenvalue weighted by Gasteiger charge is 2.19. The summed E-state index contributed by atoms with van der Waals surface area (Å²) in [5.41, 5.74) is 0. The van der Waals surface area contributed by atoms with E-state index >= 15 is 0 Å². The van der Waals surface area contributed by atoms with E-state index in [9.17, 15) is 0 Å². The second kappa shape index (κ2) is 3.32. The predicted octanol–water partition coefficient (Wildman–Crippen LogP) is -0.683. The van der Waals surface area contributed by atoms with Gasteiger partial charge in [0.25, 0.3) is 0 Å². The van der Waals surface area contributed by atoms with Crippen molar-refractivity contribution in [3.05, 3.63) is 0 Å². The van der Waals surface area contributed by atoms with Crippen molar-refractivity contribution < 1.29 is 5.11 Å². The van der Waals surface area contributed by atoms with Crippen LogP contribution >= 0.6 is 0 Å². The molecule has 0 bridgehead atoms. The monoisotopic (exact) mass is 144 g/mol. The van der Waals surface area contributed by atoms with Crippen LogP contribution in [0, 0.1) is 0 Å². The van der Waals surface area contributed by atoms with Crippen molar-refractivity contribution in [1.82, 2.24) is 10.6 Å². The topological polar surface area (TPSA) is 44.3 Å². The third kappa shape index (κ3) is 1.94. The molecule has 0 spiro atoms. The molecule has 1 heterocycles. The third-order valence-corrected chi connectivity index (χ3v) is 2.00. The van der Waals surface area contributed by atoms with Gasteiger partial charge in [-0.3, -0.25) is 0 Å². The van der Waals surface area contributed by atoms with E-state index in [1.54, 1.807) is 0 Å². The molecule has 1 fully saturated rings. The lowest BCUT2D eigenvalue weighted by Gasteiger charge is -2.32. The number of rotatable bonds is 3. The molecule has 2 atom stereocenters. The van der Waals surface area contributed by atoms with E-state index in [1.807, 2.05) is 13.8 Å². The van der Waals surface area contributed by atoms with E-state index in [2.05, 4.69) is 10.6 Å². The quantitative estimate of drug-likeness (QED) is 0.491. The Morgan fingerprint density at radius 3 is 2.40 bits per heavy atom. The molecule has 0 amide bonds. The second-order valence-corrected chi connectivity index (χ2v) is 3.05. The number of aliphatic hydroxyl groups is 1. The lowest BCUT2D eigenvalue weighted by atomic mass is 10.1. The van der Waals surface area contributed by atoms with Gasteiger partial charge in [0.1, 0.15) is 0 Å². The van der Waals surface area contributed by atoms with Gasteiger partial charge in [-0.2, -0.15) is 0 Å². The summed E-state index contributed by atoms with van der Waals surface area (Å²) in [6, 6.07) is 0.789. The minimum absolute atomic E-state index is 0.215. The van der Waals surface area contributed by atoms with Crippen molar-refractivity contribution in [3.63, 3.8) is 0 Å². The Bertz CT molecular complexity index is 102. The Balaban J connectivity index is 2.10. The fraction of sp³-hybridized carbons (Fsp3) is 1.00. The van der Waals surface area contributed by atoms with Crippen LogP contribution < -0.4 is 10.6 Å². The fourth-order valence-corrected chi connectivity index (χ4v) is 0.918. The Morgan fingerprint density at radius 2 is 2.10 bits per heavy atom. The van der Waals surface area contributed by atoms with Crippen LogP contribution in [0.2, 0.25) is 0 Å². The molecular weight excluding hydrogens is 128 g/mol. The first-order valence-electron chi connectivity index (χ1n) is 3.85. The normalized spacial score (nSPS) is 25.5. The number of aliphatic hydroxyl groups excluding tert-OH is 1. The molecule has 0 aliphatic carbocycles. The van der Waals surface area contributed by atoms with Gasteiger partial charge in [-0.05, 0) is 13.8 Å². The molecule has 0 radical (unpaired) electrons. The number of hydrogen-bond acceptors (Lipinski definition) is 3. The summed E-state index contributed by atoms with van der Waals surface area (Å²) >= 11 is 0.